The molecule has 118 valence electrons. The number of hydrogen-bond acceptors (Lipinski definition) is 4. The number of morpholine rings is 1. The summed E-state index contributed by atoms with van der Waals surface area (Å²) in [4.78, 5) is 18.6. The van der Waals surface area contributed by atoms with Gasteiger partial charge in [-0.3, -0.25) is 9.69 Å². The van der Waals surface area contributed by atoms with Crippen LogP contribution in [0.3, 0.4) is 0 Å². The van der Waals surface area contributed by atoms with Gasteiger partial charge in [-0.05, 0) is 18.0 Å². The molecule has 0 atom stereocenters. The van der Waals surface area contributed by atoms with E-state index in [0.29, 0.717) is 0 Å². The third-order valence-corrected chi connectivity index (χ3v) is 3.75. The van der Waals surface area contributed by atoms with Crippen LogP contribution in [0, 0.1) is 5.41 Å². The van der Waals surface area contributed by atoms with E-state index < -0.39 is 0 Å². The number of rotatable bonds is 6. The Hall–Kier alpha value is -1.17. The van der Waals surface area contributed by atoms with Crippen LogP contribution in [-0.4, -0.2) is 61.2 Å². The normalized spacial score (nSPS) is 17.3. The first-order valence-corrected chi connectivity index (χ1v) is 7.61. The Morgan fingerprint density at radius 2 is 2.05 bits per heavy atom. The maximum absolute atomic E-state index is 11.1. The van der Waals surface area contributed by atoms with Gasteiger partial charge in [-0.15, -0.1) is 0 Å². The SMILES string of the molecule is CN(Cc1ccc(=O)[nH]c1)CC(C)(C)CN1CCOCC1. The minimum absolute atomic E-state index is 0.0472. The van der Waals surface area contributed by atoms with Crippen molar-refractivity contribution in [3.05, 3.63) is 34.2 Å². The van der Waals surface area contributed by atoms with Gasteiger partial charge in [0.2, 0.25) is 5.56 Å². The lowest BCUT2D eigenvalue weighted by atomic mass is 9.91. The molecule has 0 saturated carbocycles. The van der Waals surface area contributed by atoms with Gasteiger partial charge in [-0.1, -0.05) is 19.9 Å². The molecule has 0 aliphatic carbocycles. The van der Waals surface area contributed by atoms with Gasteiger partial charge in [0.25, 0.3) is 0 Å². The predicted molar refractivity (Wildman–Crippen MR) is 84.4 cm³/mol. The number of aromatic amines is 1. The van der Waals surface area contributed by atoms with E-state index in [2.05, 4.69) is 35.7 Å². The third kappa shape index (κ3) is 5.61. The molecule has 1 aliphatic rings. The van der Waals surface area contributed by atoms with Crippen molar-refractivity contribution >= 4 is 0 Å². The van der Waals surface area contributed by atoms with Crippen molar-refractivity contribution in [2.24, 2.45) is 5.41 Å². The highest BCUT2D eigenvalue weighted by molar-refractivity contribution is 5.08. The number of pyridine rings is 1. The van der Waals surface area contributed by atoms with E-state index >= 15 is 0 Å². The number of H-pyrrole nitrogens is 1. The number of nitrogens with zero attached hydrogens (tertiary/aromatic N) is 2. The molecular formula is C16H27N3O2. The van der Waals surface area contributed by atoms with Crippen molar-refractivity contribution in [1.82, 2.24) is 14.8 Å². The Labute approximate surface area is 126 Å². The highest BCUT2D eigenvalue weighted by atomic mass is 16.5. The molecule has 2 heterocycles. The third-order valence-electron chi connectivity index (χ3n) is 3.75. The van der Waals surface area contributed by atoms with Crippen LogP contribution >= 0.6 is 0 Å². The van der Waals surface area contributed by atoms with Crippen molar-refractivity contribution < 1.29 is 4.74 Å². The maximum Gasteiger partial charge on any atom is 0.247 e. The van der Waals surface area contributed by atoms with E-state index in [-0.39, 0.29) is 11.0 Å². The summed E-state index contributed by atoms with van der Waals surface area (Å²) in [7, 11) is 2.13. The minimum atomic E-state index is -0.0472. The maximum atomic E-state index is 11.1. The first-order chi connectivity index (χ1) is 9.94. The van der Waals surface area contributed by atoms with Crippen LogP contribution in [0.4, 0.5) is 0 Å². The molecule has 0 radical (unpaired) electrons. The highest BCUT2D eigenvalue weighted by Gasteiger charge is 2.24. The van der Waals surface area contributed by atoms with Crippen LogP contribution in [0.1, 0.15) is 19.4 Å². The summed E-state index contributed by atoms with van der Waals surface area (Å²) >= 11 is 0. The van der Waals surface area contributed by atoms with Gasteiger partial charge in [0.05, 0.1) is 13.2 Å². The summed E-state index contributed by atoms with van der Waals surface area (Å²) in [6.07, 6.45) is 1.80. The van der Waals surface area contributed by atoms with E-state index in [1.165, 1.54) is 0 Å². The first kappa shape index (κ1) is 16.2. The molecule has 2 rings (SSSR count). The predicted octanol–water partition coefficient (Wildman–Crippen LogP) is 1.17. The molecule has 0 unspecified atom stereocenters. The standard InChI is InChI=1S/C16H27N3O2/c1-16(2,13-19-6-8-21-9-7-19)12-18(3)11-14-4-5-15(20)17-10-14/h4-5,10H,6-9,11-13H2,1-3H3,(H,17,20). The average Bonchev–Trinajstić information content (AvgIpc) is 2.41. The zero-order valence-corrected chi connectivity index (χ0v) is 13.4. The van der Waals surface area contributed by atoms with Gasteiger partial charge in [-0.25, -0.2) is 0 Å². The number of ether oxygens (including phenoxy) is 1. The summed E-state index contributed by atoms with van der Waals surface area (Å²) in [5, 5.41) is 0. The second kappa shape index (κ2) is 7.20. The molecule has 5 heteroatoms. The Morgan fingerprint density at radius 3 is 2.67 bits per heavy atom. The zero-order chi connectivity index (χ0) is 15.3. The van der Waals surface area contributed by atoms with E-state index in [4.69, 9.17) is 4.74 Å². The van der Waals surface area contributed by atoms with E-state index in [9.17, 15) is 4.79 Å². The molecule has 1 aromatic heterocycles. The number of aromatic nitrogens is 1. The van der Waals surface area contributed by atoms with Crippen molar-refractivity contribution in [3.63, 3.8) is 0 Å². The van der Waals surface area contributed by atoms with E-state index in [0.717, 1.165) is 51.5 Å². The quantitative estimate of drug-likeness (QED) is 0.855. The van der Waals surface area contributed by atoms with Gasteiger partial charge in [0.15, 0.2) is 0 Å². The monoisotopic (exact) mass is 293 g/mol. The summed E-state index contributed by atoms with van der Waals surface area (Å²) in [5.41, 5.74) is 1.32. The number of hydrogen-bond donors (Lipinski definition) is 1. The fourth-order valence-corrected chi connectivity index (χ4v) is 3.05. The van der Waals surface area contributed by atoms with Crippen molar-refractivity contribution in [3.8, 4) is 0 Å². The van der Waals surface area contributed by atoms with Crippen LogP contribution in [0.5, 0.6) is 0 Å². The Morgan fingerprint density at radius 1 is 1.33 bits per heavy atom. The Bertz CT molecular complexity index is 472. The van der Waals surface area contributed by atoms with E-state index in [1.807, 2.05) is 6.07 Å². The van der Waals surface area contributed by atoms with E-state index in [1.54, 1.807) is 12.3 Å². The number of nitrogens with one attached hydrogen (secondary N) is 1. The molecular weight excluding hydrogens is 266 g/mol. The lowest BCUT2D eigenvalue weighted by molar-refractivity contribution is 0.0161. The summed E-state index contributed by atoms with van der Waals surface area (Å²) in [6.45, 7) is 11.4. The van der Waals surface area contributed by atoms with Gasteiger partial charge in [0.1, 0.15) is 0 Å². The topological polar surface area (TPSA) is 48.6 Å². The molecule has 1 aliphatic heterocycles. The molecule has 0 amide bonds. The van der Waals surface area contributed by atoms with Crippen LogP contribution in [0.2, 0.25) is 0 Å². The molecule has 5 nitrogen and oxygen atoms in total. The summed E-state index contributed by atoms with van der Waals surface area (Å²) in [6, 6.07) is 3.48. The van der Waals surface area contributed by atoms with Gasteiger partial charge in [0, 0.05) is 45.0 Å². The molecule has 21 heavy (non-hydrogen) atoms. The van der Waals surface area contributed by atoms with Crippen LogP contribution in [0.25, 0.3) is 0 Å². The molecule has 1 fully saturated rings. The molecule has 0 spiro atoms. The summed E-state index contributed by atoms with van der Waals surface area (Å²) in [5.74, 6) is 0. The highest BCUT2D eigenvalue weighted by Crippen LogP contribution is 2.20. The smallest absolute Gasteiger partial charge is 0.247 e. The molecule has 1 saturated heterocycles. The van der Waals surface area contributed by atoms with Gasteiger partial charge >= 0.3 is 0 Å². The Balaban J connectivity index is 1.83. The van der Waals surface area contributed by atoms with Crippen molar-refractivity contribution in [1.29, 1.82) is 0 Å². The van der Waals surface area contributed by atoms with Crippen molar-refractivity contribution in [2.45, 2.75) is 20.4 Å². The largest absolute Gasteiger partial charge is 0.379 e. The molecule has 0 bridgehead atoms. The second-order valence-electron chi connectivity index (χ2n) is 6.79. The van der Waals surface area contributed by atoms with Crippen LogP contribution in [0.15, 0.2) is 23.1 Å². The average molecular weight is 293 g/mol. The summed E-state index contributed by atoms with van der Waals surface area (Å²) < 4.78 is 5.40. The lowest BCUT2D eigenvalue weighted by Crippen LogP contribution is -2.45. The lowest BCUT2D eigenvalue weighted by Gasteiger charge is -2.37. The van der Waals surface area contributed by atoms with Gasteiger partial charge < -0.3 is 14.6 Å². The minimum Gasteiger partial charge on any atom is -0.379 e. The van der Waals surface area contributed by atoms with Crippen LogP contribution < -0.4 is 5.56 Å². The fraction of sp³-hybridized carbons (Fsp3) is 0.688. The Kier molecular flexibility index (Phi) is 5.56. The molecule has 1 aromatic rings. The first-order valence-electron chi connectivity index (χ1n) is 7.61. The zero-order valence-electron chi connectivity index (χ0n) is 13.4. The van der Waals surface area contributed by atoms with Crippen molar-refractivity contribution in [2.75, 3.05) is 46.4 Å². The van der Waals surface area contributed by atoms with Crippen LogP contribution in [-0.2, 0) is 11.3 Å². The second-order valence-corrected chi connectivity index (χ2v) is 6.79. The van der Waals surface area contributed by atoms with Gasteiger partial charge in [-0.2, -0.15) is 0 Å². The molecule has 1 N–H and O–H groups in total. The fourth-order valence-electron chi connectivity index (χ4n) is 3.05. The molecule has 0 aromatic carbocycles.